The number of halogens is 2. The first-order valence-electron chi connectivity index (χ1n) is 4.88. The third-order valence-corrected chi connectivity index (χ3v) is 2.16. The van der Waals surface area contributed by atoms with Crippen molar-refractivity contribution in [3.05, 3.63) is 59.7 Å². The second-order valence-electron chi connectivity index (χ2n) is 3.33. The van der Waals surface area contributed by atoms with E-state index in [-0.39, 0.29) is 17.1 Å². The second-order valence-corrected chi connectivity index (χ2v) is 3.33. The van der Waals surface area contributed by atoms with Gasteiger partial charge in [-0.1, -0.05) is 6.07 Å². The summed E-state index contributed by atoms with van der Waals surface area (Å²) in [5.41, 5.74) is 0.106. The standard InChI is InChI=1S/C13H8F2O2/c14-10-4-6-11(7-5-10)17-13-9(8-16)2-1-3-12(13)15/h1-8H. The molecular formula is C13H8F2O2. The summed E-state index contributed by atoms with van der Waals surface area (Å²) in [5, 5.41) is 0. The van der Waals surface area contributed by atoms with Crippen molar-refractivity contribution in [3.63, 3.8) is 0 Å². The van der Waals surface area contributed by atoms with Crippen molar-refractivity contribution in [1.29, 1.82) is 0 Å². The number of aldehydes is 1. The molecule has 0 spiro atoms. The smallest absolute Gasteiger partial charge is 0.173 e. The van der Waals surface area contributed by atoms with Crippen LogP contribution in [0, 0.1) is 11.6 Å². The van der Waals surface area contributed by atoms with Crippen molar-refractivity contribution in [3.8, 4) is 11.5 Å². The van der Waals surface area contributed by atoms with Crippen LogP contribution in [0.5, 0.6) is 11.5 Å². The monoisotopic (exact) mass is 234 g/mol. The molecule has 0 saturated heterocycles. The molecule has 0 radical (unpaired) electrons. The summed E-state index contributed by atoms with van der Waals surface area (Å²) in [6, 6.07) is 9.14. The molecule has 0 aliphatic heterocycles. The fraction of sp³-hybridized carbons (Fsp3) is 0. The SMILES string of the molecule is O=Cc1cccc(F)c1Oc1ccc(F)cc1. The first kappa shape index (κ1) is 11.3. The van der Waals surface area contributed by atoms with Gasteiger partial charge < -0.3 is 4.74 Å². The minimum Gasteiger partial charge on any atom is -0.454 e. The van der Waals surface area contributed by atoms with Gasteiger partial charge in [0.15, 0.2) is 17.9 Å². The molecular weight excluding hydrogens is 226 g/mol. The van der Waals surface area contributed by atoms with Crippen molar-refractivity contribution in [1.82, 2.24) is 0 Å². The quantitative estimate of drug-likeness (QED) is 0.759. The van der Waals surface area contributed by atoms with Crippen LogP contribution in [-0.4, -0.2) is 6.29 Å². The van der Waals surface area contributed by atoms with Crippen LogP contribution >= 0.6 is 0 Å². The van der Waals surface area contributed by atoms with Crippen LogP contribution in [0.2, 0.25) is 0 Å². The van der Waals surface area contributed by atoms with Crippen LogP contribution < -0.4 is 4.74 Å². The van der Waals surface area contributed by atoms with Crippen LogP contribution in [0.25, 0.3) is 0 Å². The Morgan fingerprint density at radius 3 is 2.35 bits per heavy atom. The summed E-state index contributed by atoms with van der Waals surface area (Å²) in [6.07, 6.45) is 0.502. The first-order valence-corrected chi connectivity index (χ1v) is 4.88. The molecule has 2 aromatic rings. The Balaban J connectivity index is 2.35. The zero-order valence-electron chi connectivity index (χ0n) is 8.69. The van der Waals surface area contributed by atoms with Gasteiger partial charge in [0.1, 0.15) is 11.6 Å². The van der Waals surface area contributed by atoms with Crippen LogP contribution in [0.15, 0.2) is 42.5 Å². The maximum Gasteiger partial charge on any atom is 0.173 e. The number of hydrogen-bond acceptors (Lipinski definition) is 2. The highest BCUT2D eigenvalue weighted by molar-refractivity contribution is 5.79. The van der Waals surface area contributed by atoms with Crippen molar-refractivity contribution >= 4 is 6.29 Å². The third kappa shape index (κ3) is 2.47. The number of carbonyl (C=O) groups is 1. The minimum atomic E-state index is -0.640. The molecule has 2 aromatic carbocycles. The molecule has 0 bridgehead atoms. The van der Waals surface area contributed by atoms with Gasteiger partial charge in [-0.05, 0) is 36.4 Å². The average Bonchev–Trinajstić information content (AvgIpc) is 2.34. The summed E-state index contributed by atoms with van der Waals surface area (Å²) in [4.78, 5) is 10.7. The minimum absolute atomic E-state index is 0.106. The van der Waals surface area contributed by atoms with Crippen LogP contribution in [0.1, 0.15) is 10.4 Å². The molecule has 2 rings (SSSR count). The topological polar surface area (TPSA) is 26.3 Å². The molecule has 0 N–H and O–H groups in total. The largest absolute Gasteiger partial charge is 0.454 e. The fourth-order valence-corrected chi connectivity index (χ4v) is 1.35. The molecule has 2 nitrogen and oxygen atoms in total. The van der Waals surface area contributed by atoms with Gasteiger partial charge in [-0.2, -0.15) is 0 Å². The molecule has 86 valence electrons. The molecule has 0 unspecified atom stereocenters. The van der Waals surface area contributed by atoms with Crippen molar-refractivity contribution in [2.24, 2.45) is 0 Å². The summed E-state index contributed by atoms with van der Waals surface area (Å²) in [6.45, 7) is 0. The molecule has 0 atom stereocenters. The summed E-state index contributed by atoms with van der Waals surface area (Å²) < 4.78 is 31.3. The average molecular weight is 234 g/mol. The molecule has 0 amide bonds. The molecule has 0 aliphatic carbocycles. The van der Waals surface area contributed by atoms with E-state index in [4.69, 9.17) is 4.74 Å². The van der Waals surface area contributed by atoms with Crippen LogP contribution in [-0.2, 0) is 0 Å². The van der Waals surface area contributed by atoms with Crippen LogP contribution in [0.3, 0.4) is 0 Å². The summed E-state index contributed by atoms with van der Waals surface area (Å²) in [5.74, 6) is -0.950. The third-order valence-electron chi connectivity index (χ3n) is 2.16. The van der Waals surface area contributed by atoms with E-state index >= 15 is 0 Å². The van der Waals surface area contributed by atoms with E-state index in [1.54, 1.807) is 0 Å². The van der Waals surface area contributed by atoms with Crippen molar-refractivity contribution in [2.45, 2.75) is 0 Å². The maximum atomic E-state index is 13.4. The summed E-state index contributed by atoms with van der Waals surface area (Å²) in [7, 11) is 0. The molecule has 17 heavy (non-hydrogen) atoms. The normalized spacial score (nSPS) is 10.0. The van der Waals surface area contributed by atoms with Gasteiger partial charge in [0.25, 0.3) is 0 Å². The lowest BCUT2D eigenvalue weighted by Crippen LogP contribution is -1.93. The van der Waals surface area contributed by atoms with Crippen LogP contribution in [0.4, 0.5) is 8.78 Å². The molecule has 0 aliphatic rings. The van der Waals surface area contributed by atoms with Gasteiger partial charge >= 0.3 is 0 Å². The molecule has 0 saturated carbocycles. The van der Waals surface area contributed by atoms with Gasteiger partial charge in [0.05, 0.1) is 5.56 Å². The molecule has 4 heteroatoms. The predicted molar refractivity (Wildman–Crippen MR) is 58.3 cm³/mol. The van der Waals surface area contributed by atoms with E-state index < -0.39 is 11.6 Å². The number of carbonyl (C=O) groups excluding carboxylic acids is 1. The van der Waals surface area contributed by atoms with Gasteiger partial charge in [-0.3, -0.25) is 4.79 Å². The number of benzene rings is 2. The van der Waals surface area contributed by atoms with E-state index in [9.17, 15) is 13.6 Å². The lowest BCUT2D eigenvalue weighted by Gasteiger charge is -2.08. The number of hydrogen-bond donors (Lipinski definition) is 0. The number of ether oxygens (including phenoxy) is 1. The van der Waals surface area contributed by atoms with Crippen molar-refractivity contribution < 1.29 is 18.3 Å². The second kappa shape index (κ2) is 4.74. The van der Waals surface area contributed by atoms with E-state index in [2.05, 4.69) is 0 Å². The van der Waals surface area contributed by atoms with E-state index in [0.29, 0.717) is 6.29 Å². The van der Waals surface area contributed by atoms with Gasteiger partial charge in [0, 0.05) is 0 Å². The molecule has 0 fully saturated rings. The Bertz CT molecular complexity index is 536. The molecule has 0 aromatic heterocycles. The van der Waals surface area contributed by atoms with Gasteiger partial charge in [-0.25, -0.2) is 8.78 Å². The highest BCUT2D eigenvalue weighted by Gasteiger charge is 2.10. The predicted octanol–water partition coefficient (Wildman–Crippen LogP) is 3.57. The number of para-hydroxylation sites is 1. The Morgan fingerprint density at radius 2 is 1.71 bits per heavy atom. The zero-order valence-corrected chi connectivity index (χ0v) is 8.69. The van der Waals surface area contributed by atoms with Crippen molar-refractivity contribution in [2.75, 3.05) is 0 Å². The zero-order chi connectivity index (χ0) is 12.3. The van der Waals surface area contributed by atoms with E-state index in [1.165, 1.54) is 42.5 Å². The highest BCUT2D eigenvalue weighted by Crippen LogP contribution is 2.27. The van der Waals surface area contributed by atoms with Gasteiger partial charge in [0.2, 0.25) is 0 Å². The Kier molecular flexibility index (Phi) is 3.14. The summed E-state index contributed by atoms with van der Waals surface area (Å²) >= 11 is 0. The maximum absolute atomic E-state index is 13.4. The fourth-order valence-electron chi connectivity index (χ4n) is 1.35. The Labute approximate surface area is 96.5 Å². The van der Waals surface area contributed by atoms with E-state index in [0.717, 1.165) is 0 Å². The van der Waals surface area contributed by atoms with Gasteiger partial charge in [-0.15, -0.1) is 0 Å². The Hall–Kier alpha value is -2.23. The lowest BCUT2D eigenvalue weighted by molar-refractivity contribution is 0.112. The highest BCUT2D eigenvalue weighted by atomic mass is 19.1. The lowest BCUT2D eigenvalue weighted by atomic mass is 10.2. The molecule has 0 heterocycles. The first-order chi connectivity index (χ1) is 8.20. The number of rotatable bonds is 3. The Morgan fingerprint density at radius 1 is 1.00 bits per heavy atom. The van der Waals surface area contributed by atoms with E-state index in [1.807, 2.05) is 0 Å².